The van der Waals surface area contributed by atoms with Crippen molar-refractivity contribution < 1.29 is 38.6 Å². The number of primary amides is 1. The molecule has 15 N–H and O–H groups in total. The van der Waals surface area contributed by atoms with E-state index < -0.39 is 59.9 Å². The van der Waals surface area contributed by atoms with Crippen LogP contribution in [0.5, 0.6) is 0 Å². The SMILES string of the molecule is C[C@H](NC(=O)OCC1c2ccccc2-c2ccccc21)C(=O)N[C@@H](CCCN=C(N)N)C(=O)N[C@@H](CCCN=C(N)N)C(=O)N[C@@H](CCC(N)=O)C(=O)O. The number of aliphatic carboxylic acids is 1. The van der Waals surface area contributed by atoms with Crippen molar-refractivity contribution in [2.45, 2.75) is 75.5 Å². The summed E-state index contributed by atoms with van der Waals surface area (Å²) in [5.74, 6) is -5.17. The predicted octanol–water partition coefficient (Wildman–Crippen LogP) is -1.17. The van der Waals surface area contributed by atoms with Crippen LogP contribution in [0.15, 0.2) is 58.5 Å². The number of aliphatic imine (C=N–C) groups is 2. The quantitative estimate of drug-likeness (QED) is 0.0410. The van der Waals surface area contributed by atoms with Crippen molar-refractivity contribution in [3.8, 4) is 11.1 Å². The summed E-state index contributed by atoms with van der Waals surface area (Å²) in [5, 5.41) is 19.5. The Bertz CT molecular complexity index is 1680. The number of amides is 5. The molecule has 0 bridgehead atoms. The average Bonchev–Trinajstić information content (AvgIpc) is 3.44. The predicted molar refractivity (Wildman–Crippen MR) is 199 cm³/mol. The summed E-state index contributed by atoms with van der Waals surface area (Å²) in [4.78, 5) is 83.9. The van der Waals surface area contributed by atoms with Gasteiger partial charge in [0, 0.05) is 25.4 Å². The number of rotatable bonds is 21. The van der Waals surface area contributed by atoms with E-state index in [0.717, 1.165) is 22.3 Å². The number of carbonyl (C=O) groups is 6. The first kappa shape index (κ1) is 42.0. The van der Waals surface area contributed by atoms with Gasteiger partial charge in [-0.2, -0.15) is 0 Å². The van der Waals surface area contributed by atoms with Crippen molar-refractivity contribution in [1.82, 2.24) is 21.3 Å². The third kappa shape index (κ3) is 13.0. The van der Waals surface area contributed by atoms with Crippen LogP contribution in [0.3, 0.4) is 0 Å². The highest BCUT2D eigenvalue weighted by Gasteiger charge is 2.32. The number of nitrogens with zero attached hydrogens (tertiary/aromatic N) is 2. The second-order valence-electron chi connectivity index (χ2n) is 12.6. The molecular weight excluding hydrogens is 702 g/mol. The maximum absolute atomic E-state index is 13.6. The van der Waals surface area contributed by atoms with Gasteiger partial charge in [-0.05, 0) is 61.3 Å². The van der Waals surface area contributed by atoms with Crippen LogP contribution in [-0.4, -0.2) is 96.6 Å². The molecule has 5 amide bonds. The number of alkyl carbamates (subject to hydrolysis) is 1. The van der Waals surface area contributed by atoms with Crippen LogP contribution in [-0.2, 0) is 28.7 Å². The van der Waals surface area contributed by atoms with Crippen molar-refractivity contribution in [2.24, 2.45) is 38.7 Å². The van der Waals surface area contributed by atoms with Crippen LogP contribution in [0.4, 0.5) is 4.79 Å². The van der Waals surface area contributed by atoms with Gasteiger partial charge in [-0.3, -0.25) is 29.2 Å². The number of nitrogens with one attached hydrogen (secondary N) is 4. The van der Waals surface area contributed by atoms with Crippen LogP contribution in [0, 0.1) is 0 Å². The molecule has 0 fully saturated rings. The molecule has 0 unspecified atom stereocenters. The molecule has 3 rings (SSSR count). The third-order valence-corrected chi connectivity index (χ3v) is 8.52. The molecule has 19 nitrogen and oxygen atoms in total. The first-order valence-electron chi connectivity index (χ1n) is 17.3. The summed E-state index contributed by atoms with van der Waals surface area (Å²) in [7, 11) is 0. The molecule has 4 atom stereocenters. The Balaban J connectivity index is 1.69. The summed E-state index contributed by atoms with van der Waals surface area (Å²) in [5.41, 5.74) is 30.9. The summed E-state index contributed by atoms with van der Waals surface area (Å²) >= 11 is 0. The number of fused-ring (bicyclic) bond motifs is 3. The lowest BCUT2D eigenvalue weighted by Gasteiger charge is -2.25. The Kier molecular flexibility index (Phi) is 16.0. The van der Waals surface area contributed by atoms with Gasteiger partial charge in [0.05, 0.1) is 0 Å². The van der Waals surface area contributed by atoms with Crippen LogP contribution >= 0.6 is 0 Å². The molecule has 0 aromatic heterocycles. The Morgan fingerprint density at radius 1 is 0.685 bits per heavy atom. The Labute approximate surface area is 311 Å². The molecule has 0 heterocycles. The zero-order valence-corrected chi connectivity index (χ0v) is 30.0. The molecule has 0 aliphatic heterocycles. The normalized spacial score (nSPS) is 13.7. The molecule has 0 spiro atoms. The zero-order valence-electron chi connectivity index (χ0n) is 30.0. The number of nitrogens with two attached hydrogens (primary N) is 5. The van der Waals surface area contributed by atoms with Crippen LogP contribution < -0.4 is 49.9 Å². The number of ether oxygens (including phenoxy) is 1. The number of hydrogen-bond acceptors (Lipinski definition) is 9. The number of hydrogen-bond donors (Lipinski definition) is 10. The highest BCUT2D eigenvalue weighted by atomic mass is 16.5. The maximum atomic E-state index is 13.6. The minimum atomic E-state index is -1.48. The van der Waals surface area contributed by atoms with Crippen molar-refractivity contribution in [3.63, 3.8) is 0 Å². The molecule has 19 heteroatoms. The van der Waals surface area contributed by atoms with Gasteiger partial charge in [-0.15, -0.1) is 0 Å². The first-order chi connectivity index (χ1) is 25.7. The molecule has 2 aromatic rings. The molecule has 0 saturated heterocycles. The van der Waals surface area contributed by atoms with Gasteiger partial charge in [-0.25, -0.2) is 9.59 Å². The van der Waals surface area contributed by atoms with E-state index in [1.807, 2.05) is 48.5 Å². The Morgan fingerprint density at radius 3 is 1.61 bits per heavy atom. The Hall–Kier alpha value is -6.40. The zero-order chi connectivity index (χ0) is 39.8. The van der Waals surface area contributed by atoms with Gasteiger partial charge < -0.3 is 59.8 Å². The molecule has 0 radical (unpaired) electrons. The lowest BCUT2D eigenvalue weighted by Crippen LogP contribution is -2.57. The second-order valence-corrected chi connectivity index (χ2v) is 12.6. The third-order valence-electron chi connectivity index (χ3n) is 8.52. The summed E-state index contributed by atoms with van der Waals surface area (Å²) in [6, 6.07) is 10.5. The van der Waals surface area contributed by atoms with E-state index in [-0.39, 0.29) is 76.1 Å². The van der Waals surface area contributed by atoms with Crippen molar-refractivity contribution in [3.05, 3.63) is 59.7 Å². The van der Waals surface area contributed by atoms with Crippen LogP contribution in [0.25, 0.3) is 11.1 Å². The van der Waals surface area contributed by atoms with Gasteiger partial charge in [0.25, 0.3) is 0 Å². The average molecular weight is 752 g/mol. The lowest BCUT2D eigenvalue weighted by atomic mass is 9.98. The maximum Gasteiger partial charge on any atom is 0.407 e. The summed E-state index contributed by atoms with van der Waals surface area (Å²) < 4.78 is 5.55. The molecule has 54 heavy (non-hydrogen) atoms. The standard InChI is InChI=1S/C35H49N11O8/c1-19(43-35(53)54-18-24-22-10-4-2-8-20(22)21-9-3-5-11-23(21)24)29(48)44-25(12-6-16-41-33(37)38)30(49)45-26(13-7-17-42-34(39)40)31(50)46-27(32(51)52)14-15-28(36)47/h2-5,8-11,19,24-27H,6-7,12-18H2,1H3,(H2,36,47)(H,43,53)(H,44,48)(H,45,49)(H,46,50)(H,51,52)(H4,37,38,41)(H4,39,40,42)/t19-,25-,26-,27-/m0/s1. The van der Waals surface area contributed by atoms with Gasteiger partial charge in [0.15, 0.2) is 11.9 Å². The molecule has 0 saturated carbocycles. The second kappa shape index (κ2) is 20.6. The monoisotopic (exact) mass is 751 g/mol. The highest BCUT2D eigenvalue weighted by Crippen LogP contribution is 2.44. The molecule has 2 aromatic carbocycles. The van der Waals surface area contributed by atoms with E-state index >= 15 is 0 Å². The Morgan fingerprint density at radius 2 is 1.15 bits per heavy atom. The number of carbonyl (C=O) groups excluding carboxylic acids is 5. The minimum Gasteiger partial charge on any atom is -0.480 e. The van der Waals surface area contributed by atoms with Crippen molar-refractivity contribution in [2.75, 3.05) is 19.7 Å². The molecule has 1 aliphatic rings. The largest absolute Gasteiger partial charge is 0.480 e. The van der Waals surface area contributed by atoms with Crippen LogP contribution in [0.1, 0.15) is 62.5 Å². The van der Waals surface area contributed by atoms with Crippen LogP contribution in [0.2, 0.25) is 0 Å². The molecule has 292 valence electrons. The molecule has 1 aliphatic carbocycles. The number of carboxylic acid groups (broad SMARTS) is 1. The van der Waals surface area contributed by atoms with E-state index in [4.69, 9.17) is 33.4 Å². The summed E-state index contributed by atoms with van der Waals surface area (Å²) in [6.45, 7) is 1.62. The van der Waals surface area contributed by atoms with E-state index in [2.05, 4.69) is 31.3 Å². The van der Waals surface area contributed by atoms with E-state index in [0.29, 0.717) is 0 Å². The minimum absolute atomic E-state index is 0.00468. The van der Waals surface area contributed by atoms with Gasteiger partial charge in [-0.1, -0.05) is 48.5 Å². The smallest absolute Gasteiger partial charge is 0.407 e. The summed E-state index contributed by atoms with van der Waals surface area (Å²) in [6.07, 6.45) is -1.07. The van der Waals surface area contributed by atoms with Gasteiger partial charge in [0.1, 0.15) is 30.8 Å². The molecular formula is C35H49N11O8. The van der Waals surface area contributed by atoms with E-state index in [1.165, 1.54) is 6.92 Å². The lowest BCUT2D eigenvalue weighted by molar-refractivity contribution is -0.142. The number of benzene rings is 2. The fourth-order valence-electron chi connectivity index (χ4n) is 5.81. The van der Waals surface area contributed by atoms with Crippen molar-refractivity contribution >= 4 is 47.6 Å². The highest BCUT2D eigenvalue weighted by molar-refractivity contribution is 5.94. The van der Waals surface area contributed by atoms with E-state index in [1.54, 1.807) is 0 Å². The first-order valence-corrected chi connectivity index (χ1v) is 17.3. The van der Waals surface area contributed by atoms with Crippen molar-refractivity contribution in [1.29, 1.82) is 0 Å². The number of guanidine groups is 2. The van der Waals surface area contributed by atoms with E-state index in [9.17, 15) is 33.9 Å². The topological polar surface area (TPSA) is 335 Å². The van der Waals surface area contributed by atoms with Gasteiger partial charge in [0.2, 0.25) is 23.6 Å². The fraction of sp³-hybridized carbons (Fsp3) is 0.429. The number of carboxylic acids is 1. The fourth-order valence-corrected chi connectivity index (χ4v) is 5.81. The van der Waals surface area contributed by atoms with Gasteiger partial charge >= 0.3 is 12.1 Å².